The molecule has 0 unspecified atom stereocenters. The topological polar surface area (TPSA) is 91.8 Å². The minimum Gasteiger partial charge on any atom is -0.378 e. The largest absolute Gasteiger partial charge is 0.378 e. The van der Waals surface area contributed by atoms with Crippen molar-refractivity contribution in [2.45, 2.75) is 0 Å². The fourth-order valence-electron chi connectivity index (χ4n) is 3.54. The van der Waals surface area contributed by atoms with Gasteiger partial charge in [0.2, 0.25) is 0 Å². The standard InChI is InChI=1S/C18H16ClFN6O2/c1-25-8-12-16(24-25)14(19)13(18(27)22-12)17-21-11-7-9(6-10(20)15(11)23-17)26-2-4-28-5-3-26/h6-8H,2-5H2,1H3,(H,21,23)(H,22,27). The minimum atomic E-state index is -0.465. The molecule has 3 aromatic heterocycles. The average molecular weight is 403 g/mol. The van der Waals surface area contributed by atoms with Gasteiger partial charge < -0.3 is 19.6 Å². The van der Waals surface area contributed by atoms with Crippen LogP contribution in [0.15, 0.2) is 23.1 Å². The normalized spacial score (nSPS) is 15.0. The fraction of sp³-hybridized carbons (Fsp3) is 0.278. The first-order valence-electron chi connectivity index (χ1n) is 8.79. The monoisotopic (exact) mass is 402 g/mol. The summed E-state index contributed by atoms with van der Waals surface area (Å²) < 4.78 is 21.6. The van der Waals surface area contributed by atoms with Crippen LogP contribution >= 0.6 is 11.6 Å². The lowest BCUT2D eigenvalue weighted by atomic mass is 10.2. The Balaban J connectivity index is 1.67. The lowest BCUT2D eigenvalue weighted by Crippen LogP contribution is -2.36. The van der Waals surface area contributed by atoms with Crippen molar-refractivity contribution in [1.29, 1.82) is 0 Å². The molecular weight excluding hydrogens is 387 g/mol. The van der Waals surface area contributed by atoms with Gasteiger partial charge >= 0.3 is 0 Å². The molecule has 0 aliphatic carbocycles. The van der Waals surface area contributed by atoms with E-state index in [0.29, 0.717) is 42.9 Å². The van der Waals surface area contributed by atoms with E-state index in [-0.39, 0.29) is 21.9 Å². The first kappa shape index (κ1) is 17.2. The van der Waals surface area contributed by atoms with Crippen LogP contribution in [-0.4, -0.2) is 51.0 Å². The molecule has 0 atom stereocenters. The summed E-state index contributed by atoms with van der Waals surface area (Å²) in [6, 6.07) is 3.27. The van der Waals surface area contributed by atoms with Crippen LogP contribution in [0.2, 0.25) is 5.02 Å². The second-order valence-corrected chi connectivity index (χ2v) is 7.09. The zero-order valence-corrected chi connectivity index (χ0v) is 15.7. The molecule has 4 heterocycles. The lowest BCUT2D eigenvalue weighted by molar-refractivity contribution is 0.122. The lowest BCUT2D eigenvalue weighted by Gasteiger charge is -2.28. The second kappa shape index (κ2) is 6.32. The first-order valence-corrected chi connectivity index (χ1v) is 9.16. The number of pyridine rings is 1. The molecule has 2 N–H and O–H groups in total. The van der Waals surface area contributed by atoms with Gasteiger partial charge in [-0.25, -0.2) is 9.37 Å². The number of halogens is 2. The van der Waals surface area contributed by atoms with Gasteiger partial charge in [-0.2, -0.15) is 5.10 Å². The van der Waals surface area contributed by atoms with Crippen LogP contribution in [0.25, 0.3) is 33.5 Å². The molecule has 1 fully saturated rings. The number of morpholine rings is 1. The number of fused-ring (bicyclic) bond motifs is 2. The van der Waals surface area contributed by atoms with Crippen LogP contribution < -0.4 is 10.5 Å². The molecule has 1 aliphatic rings. The minimum absolute atomic E-state index is 0.136. The van der Waals surface area contributed by atoms with Crippen LogP contribution in [0.1, 0.15) is 0 Å². The Kier molecular flexibility index (Phi) is 3.88. The van der Waals surface area contributed by atoms with Gasteiger partial charge in [-0.1, -0.05) is 11.6 Å². The fourth-order valence-corrected chi connectivity index (χ4v) is 3.85. The Morgan fingerprint density at radius 1 is 1.18 bits per heavy atom. The molecule has 8 nitrogen and oxygen atoms in total. The van der Waals surface area contributed by atoms with E-state index < -0.39 is 11.4 Å². The zero-order chi connectivity index (χ0) is 19.4. The summed E-state index contributed by atoms with van der Waals surface area (Å²) in [4.78, 5) is 24.7. The van der Waals surface area contributed by atoms with Crippen molar-refractivity contribution in [3.05, 3.63) is 39.5 Å². The summed E-state index contributed by atoms with van der Waals surface area (Å²) in [6.07, 6.45) is 1.67. The van der Waals surface area contributed by atoms with Crippen LogP contribution in [0.3, 0.4) is 0 Å². The molecule has 1 aliphatic heterocycles. The Hall–Kier alpha value is -2.91. The van der Waals surface area contributed by atoms with Crippen LogP contribution in [-0.2, 0) is 11.8 Å². The van der Waals surface area contributed by atoms with E-state index >= 15 is 0 Å². The maximum atomic E-state index is 14.7. The zero-order valence-electron chi connectivity index (χ0n) is 14.9. The molecule has 0 amide bonds. The highest BCUT2D eigenvalue weighted by Gasteiger charge is 2.21. The maximum Gasteiger partial charge on any atom is 0.261 e. The number of aryl methyl sites for hydroxylation is 1. The molecule has 28 heavy (non-hydrogen) atoms. The van der Waals surface area contributed by atoms with Gasteiger partial charge in [-0.15, -0.1) is 0 Å². The smallest absolute Gasteiger partial charge is 0.261 e. The number of H-pyrrole nitrogens is 2. The van der Waals surface area contributed by atoms with Gasteiger partial charge in [0.25, 0.3) is 5.56 Å². The second-order valence-electron chi connectivity index (χ2n) is 6.72. The number of nitrogens with zero attached hydrogens (tertiary/aromatic N) is 4. The Morgan fingerprint density at radius 3 is 2.75 bits per heavy atom. The third-order valence-electron chi connectivity index (χ3n) is 4.87. The predicted octanol–water partition coefficient (Wildman–Crippen LogP) is 2.43. The van der Waals surface area contributed by atoms with Crippen molar-refractivity contribution < 1.29 is 9.13 Å². The van der Waals surface area contributed by atoms with Gasteiger partial charge in [0.15, 0.2) is 5.82 Å². The van der Waals surface area contributed by atoms with Gasteiger partial charge in [0, 0.05) is 32.0 Å². The van der Waals surface area contributed by atoms with Gasteiger partial charge in [-0.3, -0.25) is 9.48 Å². The number of anilines is 1. The van der Waals surface area contributed by atoms with E-state index in [0.717, 1.165) is 5.69 Å². The SMILES string of the molecule is Cn1cc2[nH]c(=O)c(-c3nc4c(F)cc(N5CCOCC5)cc4[nH]3)c(Cl)c2n1. The van der Waals surface area contributed by atoms with Crippen molar-refractivity contribution in [3.8, 4) is 11.4 Å². The third kappa shape index (κ3) is 2.66. The van der Waals surface area contributed by atoms with E-state index in [1.807, 2.05) is 11.0 Å². The van der Waals surface area contributed by atoms with Crippen molar-refractivity contribution in [2.24, 2.45) is 7.05 Å². The molecule has 1 aromatic carbocycles. The number of hydrogen-bond donors (Lipinski definition) is 2. The Labute approximate surface area is 162 Å². The number of nitrogens with one attached hydrogen (secondary N) is 2. The van der Waals surface area contributed by atoms with E-state index in [4.69, 9.17) is 16.3 Å². The molecule has 10 heteroatoms. The van der Waals surface area contributed by atoms with E-state index in [2.05, 4.69) is 20.1 Å². The predicted molar refractivity (Wildman–Crippen MR) is 104 cm³/mol. The van der Waals surface area contributed by atoms with Crippen LogP contribution in [0.4, 0.5) is 10.1 Å². The van der Waals surface area contributed by atoms with Crippen molar-refractivity contribution in [1.82, 2.24) is 24.7 Å². The number of rotatable bonds is 2. The molecule has 0 spiro atoms. The highest BCUT2D eigenvalue weighted by atomic mass is 35.5. The summed E-state index contributed by atoms with van der Waals surface area (Å²) in [7, 11) is 1.73. The Bertz CT molecular complexity index is 1270. The van der Waals surface area contributed by atoms with E-state index in [1.54, 1.807) is 17.9 Å². The summed E-state index contributed by atoms with van der Waals surface area (Å²) in [6.45, 7) is 2.58. The van der Waals surface area contributed by atoms with Gasteiger partial charge in [-0.05, 0) is 12.1 Å². The van der Waals surface area contributed by atoms with Gasteiger partial charge in [0.05, 0.1) is 29.3 Å². The molecular formula is C18H16ClFN6O2. The highest BCUT2D eigenvalue weighted by molar-refractivity contribution is 6.37. The average Bonchev–Trinajstić information content (AvgIpc) is 3.26. The molecule has 0 bridgehead atoms. The first-order chi connectivity index (χ1) is 13.5. The van der Waals surface area contributed by atoms with E-state index in [9.17, 15) is 9.18 Å². The summed E-state index contributed by atoms with van der Waals surface area (Å²) in [5.74, 6) is -0.264. The number of aromatic amines is 2. The summed E-state index contributed by atoms with van der Waals surface area (Å²) >= 11 is 6.44. The van der Waals surface area contributed by atoms with Crippen LogP contribution in [0, 0.1) is 5.82 Å². The number of benzene rings is 1. The van der Waals surface area contributed by atoms with E-state index in [1.165, 1.54) is 6.07 Å². The molecule has 4 aromatic rings. The number of aromatic nitrogens is 5. The quantitative estimate of drug-likeness (QED) is 0.537. The van der Waals surface area contributed by atoms with Crippen LogP contribution in [0.5, 0.6) is 0 Å². The molecule has 0 saturated carbocycles. The molecule has 1 saturated heterocycles. The van der Waals surface area contributed by atoms with Crippen molar-refractivity contribution in [3.63, 3.8) is 0 Å². The third-order valence-corrected chi connectivity index (χ3v) is 5.24. The number of hydrogen-bond acceptors (Lipinski definition) is 5. The maximum absolute atomic E-state index is 14.7. The molecule has 144 valence electrons. The summed E-state index contributed by atoms with van der Waals surface area (Å²) in [5.41, 5.74) is 2.09. The number of ether oxygens (including phenoxy) is 1. The van der Waals surface area contributed by atoms with Crippen molar-refractivity contribution >= 4 is 39.4 Å². The van der Waals surface area contributed by atoms with Gasteiger partial charge in [0.1, 0.15) is 22.4 Å². The Morgan fingerprint density at radius 2 is 1.96 bits per heavy atom. The van der Waals surface area contributed by atoms with Crippen molar-refractivity contribution in [2.75, 3.05) is 31.2 Å². The molecule has 5 rings (SSSR count). The summed E-state index contributed by atoms with van der Waals surface area (Å²) in [5, 5.41) is 4.44. The molecule has 0 radical (unpaired) electrons. The highest BCUT2D eigenvalue weighted by Crippen LogP contribution is 2.31. The number of imidazole rings is 1.